The second kappa shape index (κ2) is 38.5. The predicted molar refractivity (Wildman–Crippen MR) is 212 cm³/mol. The fraction of sp³-hybridized carbons (Fsp3) is 0.905. The van der Waals surface area contributed by atoms with Crippen molar-refractivity contribution in [1.82, 2.24) is 0 Å². The molecule has 0 bridgehead atoms. The zero-order valence-corrected chi connectivity index (χ0v) is 34.4. The largest absolute Gasteiger partial charge is 0.472 e. The molecular weight excluding hydrogens is 663 g/mol. The van der Waals surface area contributed by atoms with E-state index in [1.54, 1.807) is 6.92 Å². The van der Waals surface area contributed by atoms with Gasteiger partial charge in [-0.25, -0.2) is 4.57 Å². The monoisotopic (exact) mass is 745 g/mol. The molecule has 0 heterocycles. The Labute approximate surface area is 314 Å². The maximum absolute atomic E-state index is 12.5. The number of hydrogen-bond acceptors (Lipinski definition) is 7. The Morgan fingerprint density at radius 2 is 0.882 bits per heavy atom. The zero-order valence-electron chi connectivity index (χ0n) is 33.5. The van der Waals surface area contributed by atoms with Crippen LogP contribution in [0, 0.1) is 0 Å². The molecule has 0 amide bonds. The van der Waals surface area contributed by atoms with Crippen LogP contribution in [0.1, 0.15) is 220 Å². The number of ether oxygens (including phenoxy) is 2. The maximum Gasteiger partial charge on any atom is 0.472 e. The molecule has 0 aromatic heterocycles. The van der Waals surface area contributed by atoms with Gasteiger partial charge >= 0.3 is 19.8 Å². The summed E-state index contributed by atoms with van der Waals surface area (Å²) in [5.74, 6) is -0.792. The number of hydrogen-bond donors (Lipinski definition) is 1. The minimum atomic E-state index is -4.27. The summed E-state index contributed by atoms with van der Waals surface area (Å²) in [6.45, 7) is 5.48. The van der Waals surface area contributed by atoms with Crippen molar-refractivity contribution in [3.63, 3.8) is 0 Å². The molecule has 0 spiro atoms. The molecule has 1 N–H and O–H groups in total. The highest BCUT2D eigenvalue weighted by Gasteiger charge is 2.25. The van der Waals surface area contributed by atoms with Gasteiger partial charge in [0.25, 0.3) is 0 Å². The highest BCUT2D eigenvalue weighted by molar-refractivity contribution is 7.47. The molecule has 0 rings (SSSR count). The van der Waals surface area contributed by atoms with E-state index in [2.05, 4.69) is 26.0 Å². The van der Waals surface area contributed by atoms with Crippen molar-refractivity contribution in [1.29, 1.82) is 0 Å². The van der Waals surface area contributed by atoms with Crippen LogP contribution in [0.15, 0.2) is 12.2 Å². The Hall–Kier alpha value is -1.21. The van der Waals surface area contributed by atoms with Crippen LogP contribution in [-0.4, -0.2) is 42.8 Å². The van der Waals surface area contributed by atoms with Gasteiger partial charge in [-0.1, -0.05) is 174 Å². The summed E-state index contributed by atoms with van der Waals surface area (Å²) in [5.41, 5.74) is 0. The molecular formula is C42H81O8P. The van der Waals surface area contributed by atoms with Crippen LogP contribution in [0.4, 0.5) is 0 Å². The van der Waals surface area contributed by atoms with E-state index in [-0.39, 0.29) is 32.2 Å². The highest BCUT2D eigenvalue weighted by Crippen LogP contribution is 2.43. The first-order valence-electron chi connectivity index (χ1n) is 21.5. The quantitative estimate of drug-likeness (QED) is 0.0286. The highest BCUT2D eigenvalue weighted by atomic mass is 31.2. The van der Waals surface area contributed by atoms with Crippen molar-refractivity contribution in [3.8, 4) is 0 Å². The first-order chi connectivity index (χ1) is 24.8. The lowest BCUT2D eigenvalue weighted by molar-refractivity contribution is -0.161. The minimum Gasteiger partial charge on any atom is -0.462 e. The van der Waals surface area contributed by atoms with E-state index in [0.717, 1.165) is 32.1 Å². The smallest absolute Gasteiger partial charge is 0.462 e. The van der Waals surface area contributed by atoms with Gasteiger partial charge in [0.15, 0.2) is 6.10 Å². The van der Waals surface area contributed by atoms with E-state index >= 15 is 0 Å². The second-order valence-electron chi connectivity index (χ2n) is 14.4. The van der Waals surface area contributed by atoms with Crippen molar-refractivity contribution in [2.45, 2.75) is 226 Å². The van der Waals surface area contributed by atoms with E-state index in [1.165, 1.54) is 148 Å². The molecule has 9 heteroatoms. The van der Waals surface area contributed by atoms with Crippen LogP contribution in [0.3, 0.4) is 0 Å². The third-order valence-corrected chi connectivity index (χ3v) is 10.4. The number of esters is 2. The first-order valence-corrected chi connectivity index (χ1v) is 23.0. The molecule has 0 fully saturated rings. The Morgan fingerprint density at radius 1 is 0.510 bits per heavy atom. The normalized spacial score (nSPS) is 13.4. The maximum atomic E-state index is 12.5. The van der Waals surface area contributed by atoms with Crippen LogP contribution in [0.2, 0.25) is 0 Å². The van der Waals surface area contributed by atoms with Crippen LogP contribution in [-0.2, 0) is 32.7 Å². The standard InChI is InChI=1S/C42H81O8P/c1-4-7-9-11-13-15-17-18-19-20-21-22-23-24-25-26-27-29-31-33-35-37-42(44)50-40(39-49-51(45,46)48-6-3)38-47-41(43)36-34-32-30-28-16-14-12-10-8-5-2/h20-21,40H,4-19,22-39H2,1-3H3,(H,45,46)/b21-20-. The lowest BCUT2D eigenvalue weighted by Gasteiger charge is -2.19. The molecule has 0 saturated carbocycles. The average molecular weight is 745 g/mol. The van der Waals surface area contributed by atoms with Crippen LogP contribution in [0.25, 0.3) is 0 Å². The average Bonchev–Trinajstić information content (AvgIpc) is 3.10. The number of carbonyl (C=O) groups is 2. The van der Waals surface area contributed by atoms with Gasteiger partial charge < -0.3 is 14.4 Å². The van der Waals surface area contributed by atoms with Gasteiger partial charge in [0.2, 0.25) is 0 Å². The summed E-state index contributed by atoms with van der Waals surface area (Å²) < 4.78 is 32.6. The van der Waals surface area contributed by atoms with Gasteiger partial charge in [-0.05, 0) is 45.4 Å². The number of carbonyl (C=O) groups excluding carboxylic acids is 2. The van der Waals surface area contributed by atoms with E-state index in [0.29, 0.717) is 12.8 Å². The third kappa shape index (κ3) is 38.3. The van der Waals surface area contributed by atoms with Gasteiger partial charge in [-0.3, -0.25) is 18.6 Å². The van der Waals surface area contributed by atoms with Crippen LogP contribution < -0.4 is 0 Å². The summed E-state index contributed by atoms with van der Waals surface area (Å²) >= 11 is 0. The van der Waals surface area contributed by atoms with Gasteiger partial charge in [0.1, 0.15) is 6.61 Å². The zero-order chi connectivity index (χ0) is 37.5. The molecule has 51 heavy (non-hydrogen) atoms. The fourth-order valence-corrected chi connectivity index (χ4v) is 6.91. The molecule has 0 aliphatic heterocycles. The fourth-order valence-electron chi connectivity index (χ4n) is 6.15. The number of phosphoric ester groups is 1. The van der Waals surface area contributed by atoms with Gasteiger partial charge in [0.05, 0.1) is 13.2 Å². The number of allylic oxidation sites excluding steroid dienone is 2. The summed E-state index contributed by atoms with van der Waals surface area (Å²) in [6, 6.07) is 0. The molecule has 0 aromatic carbocycles. The molecule has 8 nitrogen and oxygen atoms in total. The minimum absolute atomic E-state index is 0.00312. The van der Waals surface area contributed by atoms with Crippen molar-refractivity contribution in [3.05, 3.63) is 12.2 Å². The summed E-state index contributed by atoms with van der Waals surface area (Å²) in [7, 11) is -4.27. The van der Waals surface area contributed by atoms with E-state index < -0.39 is 19.9 Å². The predicted octanol–water partition coefficient (Wildman–Crippen LogP) is 13.3. The van der Waals surface area contributed by atoms with Crippen molar-refractivity contribution in [2.75, 3.05) is 19.8 Å². The van der Waals surface area contributed by atoms with Crippen LogP contribution >= 0.6 is 7.82 Å². The lowest BCUT2D eigenvalue weighted by Crippen LogP contribution is -2.29. The number of rotatable bonds is 40. The third-order valence-electron chi connectivity index (χ3n) is 9.32. The summed E-state index contributed by atoms with van der Waals surface area (Å²) in [4.78, 5) is 34.6. The molecule has 0 aliphatic rings. The Bertz CT molecular complexity index is 849. The molecule has 2 unspecified atom stereocenters. The van der Waals surface area contributed by atoms with E-state index in [9.17, 15) is 19.0 Å². The molecule has 0 aromatic rings. The molecule has 0 saturated heterocycles. The number of unbranched alkanes of at least 4 members (excludes halogenated alkanes) is 26. The van der Waals surface area contributed by atoms with Crippen molar-refractivity contribution < 1.29 is 37.6 Å². The topological polar surface area (TPSA) is 108 Å². The molecule has 302 valence electrons. The number of phosphoric acid groups is 1. The Balaban J connectivity index is 3.99. The van der Waals surface area contributed by atoms with Crippen molar-refractivity contribution >= 4 is 19.8 Å². The van der Waals surface area contributed by atoms with Crippen molar-refractivity contribution in [2.24, 2.45) is 0 Å². The van der Waals surface area contributed by atoms with E-state index in [1.807, 2.05) is 0 Å². The van der Waals surface area contributed by atoms with Crippen LogP contribution in [0.5, 0.6) is 0 Å². The SMILES string of the molecule is CCCCCCCCCC/C=C\CCCCCCCCCCCC(=O)OC(COC(=O)CCCCCCCCCCCC)COP(=O)(O)OCC. The van der Waals surface area contributed by atoms with Gasteiger partial charge in [-0.2, -0.15) is 0 Å². The molecule has 0 radical (unpaired) electrons. The molecule has 0 aliphatic carbocycles. The molecule has 2 atom stereocenters. The first kappa shape index (κ1) is 49.8. The Kier molecular flexibility index (Phi) is 37.6. The summed E-state index contributed by atoms with van der Waals surface area (Å²) in [5, 5.41) is 0. The lowest BCUT2D eigenvalue weighted by atomic mass is 10.1. The van der Waals surface area contributed by atoms with E-state index in [4.69, 9.17) is 18.5 Å². The van der Waals surface area contributed by atoms with Gasteiger partial charge in [-0.15, -0.1) is 0 Å². The Morgan fingerprint density at radius 3 is 1.29 bits per heavy atom. The summed E-state index contributed by atoms with van der Waals surface area (Å²) in [6.07, 6.45) is 39.9. The van der Waals surface area contributed by atoms with Gasteiger partial charge in [0, 0.05) is 12.8 Å². The second-order valence-corrected chi connectivity index (χ2v) is 15.8.